The third-order valence-electron chi connectivity index (χ3n) is 5.72. The Kier molecular flexibility index (Phi) is 4.34. The highest BCUT2D eigenvalue weighted by Gasteiger charge is 2.38. The standard InChI is InChI=1S/C20H17F3N6O2/c21-20(22,23)19-26-25-16-3-4-17(27-29(16)19)28-7-5-11(6-8-28)14-10-24-15-2-1-12(18(30)31)9-13(14)15/h1-4,9-11,24H,5-8H2,(H,30,31). The van der Waals surface area contributed by atoms with E-state index in [1.165, 1.54) is 6.07 Å². The highest BCUT2D eigenvalue weighted by atomic mass is 19.4. The van der Waals surface area contributed by atoms with Gasteiger partial charge in [0.2, 0.25) is 0 Å². The summed E-state index contributed by atoms with van der Waals surface area (Å²) in [6, 6.07) is 8.12. The van der Waals surface area contributed by atoms with Crippen molar-refractivity contribution in [1.29, 1.82) is 0 Å². The molecule has 1 fully saturated rings. The van der Waals surface area contributed by atoms with Gasteiger partial charge in [-0.05, 0) is 54.7 Å². The lowest BCUT2D eigenvalue weighted by molar-refractivity contribution is -0.146. The molecule has 4 aromatic rings. The van der Waals surface area contributed by atoms with E-state index in [2.05, 4.69) is 20.3 Å². The number of alkyl halides is 3. The molecule has 0 atom stereocenters. The van der Waals surface area contributed by atoms with Crippen molar-refractivity contribution in [3.05, 3.63) is 53.5 Å². The summed E-state index contributed by atoms with van der Waals surface area (Å²) in [6.45, 7) is 1.22. The second kappa shape index (κ2) is 6.96. The molecular weight excluding hydrogens is 413 g/mol. The van der Waals surface area contributed by atoms with Gasteiger partial charge in [-0.3, -0.25) is 0 Å². The average molecular weight is 430 g/mol. The Morgan fingerprint density at radius 2 is 1.90 bits per heavy atom. The van der Waals surface area contributed by atoms with Gasteiger partial charge < -0.3 is 15.0 Å². The minimum Gasteiger partial charge on any atom is -0.478 e. The van der Waals surface area contributed by atoms with Crippen LogP contribution in [0.4, 0.5) is 19.0 Å². The molecule has 0 spiro atoms. The highest BCUT2D eigenvalue weighted by molar-refractivity contribution is 5.94. The van der Waals surface area contributed by atoms with Crippen molar-refractivity contribution in [3.8, 4) is 0 Å². The van der Waals surface area contributed by atoms with E-state index in [4.69, 9.17) is 0 Å². The molecule has 31 heavy (non-hydrogen) atoms. The second-order valence-electron chi connectivity index (χ2n) is 7.55. The van der Waals surface area contributed by atoms with Gasteiger partial charge in [0.25, 0.3) is 5.82 Å². The van der Waals surface area contributed by atoms with Gasteiger partial charge in [0.05, 0.1) is 5.56 Å². The van der Waals surface area contributed by atoms with E-state index in [0.29, 0.717) is 18.9 Å². The number of aromatic amines is 1. The molecule has 0 saturated carbocycles. The van der Waals surface area contributed by atoms with E-state index in [9.17, 15) is 23.1 Å². The van der Waals surface area contributed by atoms with Gasteiger partial charge in [-0.25, -0.2) is 4.79 Å². The second-order valence-corrected chi connectivity index (χ2v) is 7.55. The van der Waals surface area contributed by atoms with E-state index >= 15 is 0 Å². The molecule has 5 rings (SSSR count). The number of nitrogens with zero attached hydrogens (tertiary/aromatic N) is 5. The molecule has 160 valence electrons. The molecule has 3 aromatic heterocycles. The van der Waals surface area contributed by atoms with Gasteiger partial charge in [0.1, 0.15) is 5.82 Å². The maximum Gasteiger partial charge on any atom is 0.453 e. The van der Waals surface area contributed by atoms with Crippen LogP contribution in [0.2, 0.25) is 0 Å². The highest BCUT2D eigenvalue weighted by Crippen LogP contribution is 2.35. The molecular formula is C20H17F3N6O2. The predicted molar refractivity (Wildman–Crippen MR) is 105 cm³/mol. The lowest BCUT2D eigenvalue weighted by Gasteiger charge is -2.32. The van der Waals surface area contributed by atoms with Crippen LogP contribution in [0.3, 0.4) is 0 Å². The van der Waals surface area contributed by atoms with E-state index in [1.807, 2.05) is 11.1 Å². The van der Waals surface area contributed by atoms with Crippen molar-refractivity contribution in [3.63, 3.8) is 0 Å². The van der Waals surface area contributed by atoms with Crippen LogP contribution in [-0.2, 0) is 6.18 Å². The van der Waals surface area contributed by atoms with Gasteiger partial charge in [-0.15, -0.1) is 15.3 Å². The van der Waals surface area contributed by atoms with Gasteiger partial charge in [0, 0.05) is 30.2 Å². The lowest BCUT2D eigenvalue weighted by Crippen LogP contribution is -2.33. The zero-order valence-electron chi connectivity index (χ0n) is 16.1. The van der Waals surface area contributed by atoms with E-state index in [-0.39, 0.29) is 17.1 Å². The molecule has 0 unspecified atom stereocenters. The summed E-state index contributed by atoms with van der Waals surface area (Å²) in [5.41, 5.74) is 2.21. The number of anilines is 1. The zero-order chi connectivity index (χ0) is 21.8. The molecule has 2 N–H and O–H groups in total. The first-order chi connectivity index (χ1) is 14.8. The maximum atomic E-state index is 13.1. The molecule has 1 aliphatic heterocycles. The summed E-state index contributed by atoms with van der Waals surface area (Å²) in [4.78, 5) is 16.4. The molecule has 0 amide bonds. The lowest BCUT2D eigenvalue weighted by atomic mass is 9.89. The smallest absolute Gasteiger partial charge is 0.453 e. The van der Waals surface area contributed by atoms with Gasteiger partial charge in [0.15, 0.2) is 5.65 Å². The maximum absolute atomic E-state index is 13.1. The SMILES string of the molecule is O=C(O)c1ccc2[nH]cc(C3CCN(c4ccc5nnc(C(F)(F)F)n5n4)CC3)c2c1. The van der Waals surface area contributed by atoms with Crippen molar-refractivity contribution in [2.75, 3.05) is 18.0 Å². The number of carboxylic acid groups (broad SMARTS) is 1. The van der Waals surface area contributed by atoms with Gasteiger partial charge in [-0.1, -0.05) is 0 Å². The topological polar surface area (TPSA) is 99.4 Å². The van der Waals surface area contributed by atoms with Crippen molar-refractivity contribution in [2.45, 2.75) is 24.9 Å². The van der Waals surface area contributed by atoms with Gasteiger partial charge in [-0.2, -0.15) is 17.7 Å². The normalized spacial score (nSPS) is 15.8. The van der Waals surface area contributed by atoms with Crippen molar-refractivity contribution in [2.24, 2.45) is 0 Å². The third-order valence-corrected chi connectivity index (χ3v) is 5.72. The number of fused-ring (bicyclic) bond motifs is 2. The van der Waals surface area contributed by atoms with Crippen LogP contribution in [0.15, 0.2) is 36.5 Å². The Labute approximate surface area is 173 Å². The molecule has 1 aromatic carbocycles. The van der Waals surface area contributed by atoms with E-state index < -0.39 is 18.0 Å². The summed E-state index contributed by atoms with van der Waals surface area (Å²) in [7, 11) is 0. The number of benzene rings is 1. The van der Waals surface area contributed by atoms with Crippen LogP contribution in [0.25, 0.3) is 16.6 Å². The number of carboxylic acids is 1. The minimum atomic E-state index is -4.64. The quantitative estimate of drug-likeness (QED) is 0.514. The first-order valence-corrected chi connectivity index (χ1v) is 9.70. The van der Waals surface area contributed by atoms with Crippen LogP contribution in [0.1, 0.15) is 40.5 Å². The molecule has 0 radical (unpaired) electrons. The number of H-pyrrole nitrogens is 1. The van der Waals surface area contributed by atoms with Crippen LogP contribution < -0.4 is 4.90 Å². The molecule has 0 aliphatic carbocycles. The number of carbonyl (C=O) groups is 1. The Bertz CT molecular complexity index is 1290. The monoisotopic (exact) mass is 430 g/mol. The van der Waals surface area contributed by atoms with Gasteiger partial charge >= 0.3 is 12.1 Å². The summed E-state index contributed by atoms with van der Waals surface area (Å²) in [5, 5.41) is 21.0. The summed E-state index contributed by atoms with van der Waals surface area (Å²) in [6.07, 6.45) is -1.20. The number of hydrogen-bond donors (Lipinski definition) is 2. The molecule has 4 heterocycles. The van der Waals surface area contributed by atoms with Crippen molar-refractivity contribution in [1.82, 2.24) is 24.8 Å². The van der Waals surface area contributed by atoms with E-state index in [0.717, 1.165) is 33.8 Å². The van der Waals surface area contributed by atoms with Crippen molar-refractivity contribution < 1.29 is 23.1 Å². The van der Waals surface area contributed by atoms with Crippen molar-refractivity contribution >= 4 is 28.3 Å². The fourth-order valence-electron chi connectivity index (χ4n) is 4.16. The number of halogens is 3. The number of nitrogens with one attached hydrogen (secondary N) is 1. The third kappa shape index (κ3) is 3.35. The number of hydrogen-bond acceptors (Lipinski definition) is 5. The largest absolute Gasteiger partial charge is 0.478 e. The first-order valence-electron chi connectivity index (χ1n) is 9.70. The molecule has 1 saturated heterocycles. The Balaban J connectivity index is 1.38. The number of aromatic nitrogens is 5. The zero-order valence-corrected chi connectivity index (χ0v) is 16.1. The van der Waals surface area contributed by atoms with Crippen LogP contribution in [0.5, 0.6) is 0 Å². The Hall–Kier alpha value is -3.63. The average Bonchev–Trinajstić information content (AvgIpc) is 3.37. The fourth-order valence-corrected chi connectivity index (χ4v) is 4.16. The van der Waals surface area contributed by atoms with Crippen LogP contribution >= 0.6 is 0 Å². The van der Waals surface area contributed by atoms with E-state index in [1.54, 1.807) is 24.3 Å². The summed E-state index contributed by atoms with van der Waals surface area (Å²) < 4.78 is 40.1. The minimum absolute atomic E-state index is 0.0407. The number of rotatable bonds is 3. The Morgan fingerprint density at radius 3 is 2.61 bits per heavy atom. The molecule has 1 aliphatic rings. The first kappa shape index (κ1) is 19.3. The molecule has 0 bridgehead atoms. The van der Waals surface area contributed by atoms with Crippen LogP contribution in [0, 0.1) is 0 Å². The molecule has 11 heteroatoms. The molecule has 8 nitrogen and oxygen atoms in total. The summed E-state index contributed by atoms with van der Waals surface area (Å²) >= 11 is 0. The number of piperidine rings is 1. The predicted octanol–water partition coefficient (Wildman–Crippen LogP) is 3.71. The Morgan fingerprint density at radius 1 is 1.13 bits per heavy atom. The summed E-state index contributed by atoms with van der Waals surface area (Å²) in [5.74, 6) is -1.48. The fraction of sp³-hybridized carbons (Fsp3) is 0.300. The van der Waals surface area contributed by atoms with Crippen LogP contribution in [-0.4, -0.2) is 49.0 Å². The number of aromatic carboxylic acids is 1.